The van der Waals surface area contributed by atoms with Crippen LogP contribution < -0.4 is 9.62 Å². The van der Waals surface area contributed by atoms with Crippen LogP contribution in [0.4, 0.5) is 17.1 Å². The molecule has 0 saturated heterocycles. The average Bonchev–Trinajstić information content (AvgIpc) is 2.58. The topological polar surface area (TPSA) is 110 Å². The molecule has 0 fully saturated rings. The van der Waals surface area contributed by atoms with Crippen molar-refractivity contribution < 1.29 is 18.1 Å². The molecule has 0 bridgehead atoms. The Morgan fingerprint density at radius 1 is 1.14 bits per heavy atom. The number of carbonyl (C=O) groups excluding carboxylic acids is 1. The summed E-state index contributed by atoms with van der Waals surface area (Å²) < 4.78 is 25.8. The number of sulfonamides is 1. The van der Waals surface area contributed by atoms with E-state index in [9.17, 15) is 23.3 Å². The molecule has 0 aliphatic heterocycles. The molecule has 0 radical (unpaired) electrons. The van der Waals surface area contributed by atoms with Crippen LogP contribution >= 0.6 is 0 Å². The van der Waals surface area contributed by atoms with Gasteiger partial charge in [-0.3, -0.25) is 19.2 Å². The van der Waals surface area contributed by atoms with Crippen LogP contribution in [0.2, 0.25) is 0 Å². The van der Waals surface area contributed by atoms with Crippen molar-refractivity contribution in [3.63, 3.8) is 0 Å². The van der Waals surface area contributed by atoms with Crippen molar-refractivity contribution in [1.82, 2.24) is 0 Å². The van der Waals surface area contributed by atoms with Gasteiger partial charge in [0.25, 0.3) is 5.69 Å². The number of aryl methyl sites for hydroxylation is 2. The Morgan fingerprint density at radius 3 is 2.32 bits per heavy atom. The van der Waals surface area contributed by atoms with E-state index in [-0.39, 0.29) is 11.4 Å². The highest BCUT2D eigenvalue weighted by Crippen LogP contribution is 2.27. The summed E-state index contributed by atoms with van der Waals surface area (Å²) in [7, 11) is -3.75. The van der Waals surface area contributed by atoms with Gasteiger partial charge in [-0.15, -0.1) is 0 Å². The third-order valence-electron chi connectivity index (χ3n) is 4.59. The highest BCUT2D eigenvalue weighted by molar-refractivity contribution is 7.92. The zero-order valence-electron chi connectivity index (χ0n) is 16.4. The van der Waals surface area contributed by atoms with E-state index in [0.717, 1.165) is 21.7 Å². The molecule has 0 unspecified atom stereocenters. The SMILES string of the molecule is Cc1ccc(N([C@H](C)C(=O)Nc2cccc([N+](=O)[O-])c2C)S(C)(=O)=O)cc1C. The lowest BCUT2D eigenvalue weighted by molar-refractivity contribution is -0.385. The first-order chi connectivity index (χ1) is 12.9. The van der Waals surface area contributed by atoms with Gasteiger partial charge in [0.15, 0.2) is 0 Å². The number of amides is 1. The second-order valence-corrected chi connectivity index (χ2v) is 8.56. The van der Waals surface area contributed by atoms with Crippen LogP contribution in [-0.2, 0) is 14.8 Å². The van der Waals surface area contributed by atoms with Crippen molar-refractivity contribution in [3.8, 4) is 0 Å². The van der Waals surface area contributed by atoms with Crippen molar-refractivity contribution in [1.29, 1.82) is 0 Å². The highest BCUT2D eigenvalue weighted by Gasteiger charge is 2.30. The van der Waals surface area contributed by atoms with Crippen LogP contribution in [0.1, 0.15) is 23.6 Å². The molecule has 0 aliphatic rings. The second kappa shape index (κ2) is 7.97. The molecule has 2 aromatic carbocycles. The van der Waals surface area contributed by atoms with Gasteiger partial charge in [0, 0.05) is 6.07 Å². The van der Waals surface area contributed by atoms with Crippen LogP contribution in [0.3, 0.4) is 0 Å². The maximum absolute atomic E-state index is 12.8. The number of hydrogen-bond acceptors (Lipinski definition) is 5. The molecule has 1 atom stereocenters. The maximum atomic E-state index is 12.8. The number of hydrogen-bond donors (Lipinski definition) is 1. The Kier molecular flexibility index (Phi) is 6.08. The van der Waals surface area contributed by atoms with Crippen LogP contribution in [0.5, 0.6) is 0 Å². The van der Waals surface area contributed by atoms with Gasteiger partial charge in [-0.1, -0.05) is 12.1 Å². The number of rotatable bonds is 6. The second-order valence-electron chi connectivity index (χ2n) is 6.70. The van der Waals surface area contributed by atoms with Crippen LogP contribution in [0.25, 0.3) is 0 Å². The summed E-state index contributed by atoms with van der Waals surface area (Å²) in [6.07, 6.45) is 1.03. The fourth-order valence-electron chi connectivity index (χ4n) is 2.87. The van der Waals surface area contributed by atoms with E-state index in [0.29, 0.717) is 11.3 Å². The lowest BCUT2D eigenvalue weighted by Gasteiger charge is -2.29. The Hall–Kier alpha value is -2.94. The van der Waals surface area contributed by atoms with E-state index < -0.39 is 26.9 Å². The third kappa shape index (κ3) is 4.48. The quantitative estimate of drug-likeness (QED) is 0.586. The van der Waals surface area contributed by atoms with Crippen LogP contribution in [-0.4, -0.2) is 31.5 Å². The first-order valence-corrected chi connectivity index (χ1v) is 10.4. The first kappa shape index (κ1) is 21.4. The molecule has 8 nitrogen and oxygen atoms in total. The number of nitro groups is 1. The number of benzene rings is 2. The molecule has 9 heteroatoms. The van der Waals surface area contributed by atoms with Gasteiger partial charge in [0.05, 0.1) is 28.1 Å². The van der Waals surface area contributed by atoms with Gasteiger partial charge in [-0.05, 0) is 57.0 Å². The number of nitrogens with one attached hydrogen (secondary N) is 1. The fraction of sp³-hybridized carbons (Fsp3) is 0.316. The summed E-state index contributed by atoms with van der Waals surface area (Å²) in [5.74, 6) is -0.591. The fourth-order valence-corrected chi connectivity index (χ4v) is 4.03. The smallest absolute Gasteiger partial charge is 0.274 e. The predicted molar refractivity (Wildman–Crippen MR) is 109 cm³/mol. The Bertz CT molecular complexity index is 1030. The van der Waals surface area contributed by atoms with Gasteiger partial charge < -0.3 is 5.32 Å². The summed E-state index contributed by atoms with van der Waals surface area (Å²) in [6, 6.07) is 8.42. The zero-order chi connectivity index (χ0) is 21.2. The molecule has 28 heavy (non-hydrogen) atoms. The zero-order valence-corrected chi connectivity index (χ0v) is 17.2. The van der Waals surface area contributed by atoms with Crippen molar-refractivity contribution in [3.05, 3.63) is 63.2 Å². The van der Waals surface area contributed by atoms with E-state index in [4.69, 9.17) is 0 Å². The van der Waals surface area contributed by atoms with Crippen molar-refractivity contribution in [2.45, 2.75) is 33.7 Å². The number of nitro benzene ring substituents is 1. The lowest BCUT2D eigenvalue weighted by atomic mass is 10.1. The van der Waals surface area contributed by atoms with Crippen LogP contribution in [0.15, 0.2) is 36.4 Å². The predicted octanol–water partition coefficient (Wildman–Crippen LogP) is 3.31. The molecule has 0 saturated carbocycles. The number of nitrogens with zero attached hydrogens (tertiary/aromatic N) is 2. The van der Waals surface area contributed by atoms with E-state index in [1.165, 1.54) is 32.0 Å². The standard InChI is InChI=1S/C19H23N3O5S/c1-12-9-10-16(11-13(12)2)21(28(5,26)27)15(4)19(23)20-17-7-6-8-18(14(17)3)22(24)25/h6-11,15H,1-5H3,(H,20,23)/t15-/m1/s1. The number of anilines is 2. The summed E-state index contributed by atoms with van der Waals surface area (Å²) in [5, 5.41) is 13.7. The van der Waals surface area contributed by atoms with E-state index in [1.807, 2.05) is 13.8 Å². The average molecular weight is 405 g/mol. The molecular formula is C19H23N3O5S. The molecule has 1 amide bonds. The molecule has 2 aromatic rings. The maximum Gasteiger partial charge on any atom is 0.274 e. The van der Waals surface area contributed by atoms with E-state index >= 15 is 0 Å². The summed E-state index contributed by atoms with van der Waals surface area (Å²) >= 11 is 0. The molecule has 0 aliphatic carbocycles. The molecule has 2 rings (SSSR count). The Balaban J connectivity index is 2.39. The van der Waals surface area contributed by atoms with Crippen molar-refractivity contribution in [2.24, 2.45) is 0 Å². The minimum atomic E-state index is -3.75. The van der Waals surface area contributed by atoms with Gasteiger partial charge in [0.2, 0.25) is 15.9 Å². The largest absolute Gasteiger partial charge is 0.324 e. The first-order valence-electron chi connectivity index (χ1n) is 8.55. The molecular weight excluding hydrogens is 382 g/mol. The van der Waals surface area contributed by atoms with Gasteiger partial charge >= 0.3 is 0 Å². The lowest BCUT2D eigenvalue weighted by Crippen LogP contribution is -2.45. The summed E-state index contributed by atoms with van der Waals surface area (Å²) in [6.45, 7) is 6.76. The Labute approximate surface area is 164 Å². The van der Waals surface area contributed by atoms with Gasteiger partial charge in [-0.25, -0.2) is 8.42 Å². The molecule has 0 heterocycles. The van der Waals surface area contributed by atoms with Gasteiger partial charge in [-0.2, -0.15) is 0 Å². The van der Waals surface area contributed by atoms with Crippen molar-refractivity contribution in [2.75, 3.05) is 15.9 Å². The van der Waals surface area contributed by atoms with Crippen LogP contribution in [0, 0.1) is 30.9 Å². The van der Waals surface area contributed by atoms with Crippen molar-refractivity contribution >= 4 is 33.0 Å². The van der Waals surface area contributed by atoms with E-state index in [1.54, 1.807) is 18.2 Å². The molecule has 0 spiro atoms. The Morgan fingerprint density at radius 2 is 1.79 bits per heavy atom. The van der Waals surface area contributed by atoms with E-state index in [2.05, 4.69) is 5.32 Å². The summed E-state index contributed by atoms with van der Waals surface area (Å²) in [5.41, 5.74) is 2.71. The molecule has 150 valence electrons. The monoisotopic (exact) mass is 405 g/mol. The van der Waals surface area contributed by atoms with Gasteiger partial charge in [0.1, 0.15) is 6.04 Å². The minimum Gasteiger partial charge on any atom is -0.324 e. The third-order valence-corrected chi connectivity index (χ3v) is 5.83. The summed E-state index contributed by atoms with van der Waals surface area (Å²) in [4.78, 5) is 23.3. The molecule has 0 aromatic heterocycles. The normalized spacial score (nSPS) is 12.3. The number of carbonyl (C=O) groups is 1. The molecule has 1 N–H and O–H groups in total. The highest BCUT2D eigenvalue weighted by atomic mass is 32.2. The minimum absolute atomic E-state index is 0.125.